The number of hydrogen-bond donors (Lipinski definition) is 1. The highest BCUT2D eigenvalue weighted by Gasteiger charge is 1.99. The molecule has 78 valence electrons. The Morgan fingerprint density at radius 1 is 1.43 bits per heavy atom. The summed E-state index contributed by atoms with van der Waals surface area (Å²) in [4.78, 5) is 0. The van der Waals surface area contributed by atoms with Crippen molar-refractivity contribution in [1.82, 2.24) is 5.32 Å². The van der Waals surface area contributed by atoms with Crippen LogP contribution in [-0.4, -0.2) is 20.5 Å². The Bertz CT molecular complexity index is 378. The van der Waals surface area contributed by atoms with E-state index in [2.05, 4.69) is 22.9 Å². The number of rotatable bonds is 4. The van der Waals surface area contributed by atoms with Crippen molar-refractivity contribution in [2.75, 3.05) is 6.26 Å². The molecule has 1 N–H and O–H groups in total. The van der Waals surface area contributed by atoms with E-state index in [1.54, 1.807) is 19.1 Å². The zero-order valence-electron chi connectivity index (χ0n) is 8.32. The SMILES string of the molecule is C=CNC(/C=C(/C)C=C)=NS(C)(=O)=O. The van der Waals surface area contributed by atoms with Crippen LogP contribution < -0.4 is 5.32 Å². The number of sulfonamides is 1. The molecule has 0 radical (unpaired) electrons. The van der Waals surface area contributed by atoms with Crippen LogP contribution in [0.2, 0.25) is 0 Å². The van der Waals surface area contributed by atoms with Crippen molar-refractivity contribution >= 4 is 15.9 Å². The molecular weight excluding hydrogens is 200 g/mol. The molecule has 0 rings (SSSR count). The highest BCUT2D eigenvalue weighted by Crippen LogP contribution is 1.95. The standard InChI is InChI=1S/C9H14N2O2S/c1-5-8(3)7-9(10-6-2)11-14(4,12)13/h5-7H,1-2H2,3-4H3,(H,10,11)/b8-7-. The van der Waals surface area contributed by atoms with Crippen molar-refractivity contribution in [1.29, 1.82) is 0 Å². The van der Waals surface area contributed by atoms with Gasteiger partial charge in [-0.1, -0.05) is 19.2 Å². The normalized spacial score (nSPS) is 13.6. The lowest BCUT2D eigenvalue weighted by molar-refractivity contribution is 0.603. The highest BCUT2D eigenvalue weighted by molar-refractivity contribution is 7.89. The van der Waals surface area contributed by atoms with Gasteiger partial charge in [-0.2, -0.15) is 0 Å². The fourth-order valence-corrected chi connectivity index (χ4v) is 1.11. The highest BCUT2D eigenvalue weighted by atomic mass is 32.2. The Balaban J connectivity index is 5.06. The minimum Gasteiger partial charge on any atom is -0.347 e. The molecule has 0 bridgehead atoms. The van der Waals surface area contributed by atoms with Gasteiger partial charge in [0.15, 0.2) is 0 Å². The Morgan fingerprint density at radius 3 is 2.36 bits per heavy atom. The van der Waals surface area contributed by atoms with Crippen LogP contribution in [-0.2, 0) is 10.0 Å². The molecule has 0 aliphatic heterocycles. The molecule has 0 heterocycles. The monoisotopic (exact) mass is 214 g/mol. The van der Waals surface area contributed by atoms with Gasteiger partial charge in [0.05, 0.1) is 6.26 Å². The molecule has 14 heavy (non-hydrogen) atoms. The van der Waals surface area contributed by atoms with Gasteiger partial charge in [0.2, 0.25) is 0 Å². The number of nitrogens with one attached hydrogen (secondary N) is 1. The van der Waals surface area contributed by atoms with Crippen LogP contribution in [0.4, 0.5) is 0 Å². The van der Waals surface area contributed by atoms with E-state index in [1.807, 2.05) is 0 Å². The van der Waals surface area contributed by atoms with Crippen molar-refractivity contribution < 1.29 is 8.42 Å². The van der Waals surface area contributed by atoms with Crippen molar-refractivity contribution in [2.24, 2.45) is 4.40 Å². The first-order chi connectivity index (χ1) is 6.39. The van der Waals surface area contributed by atoms with E-state index >= 15 is 0 Å². The molecule has 0 atom stereocenters. The second-order valence-corrected chi connectivity index (χ2v) is 4.30. The third-order valence-corrected chi connectivity index (χ3v) is 1.73. The quantitative estimate of drug-likeness (QED) is 0.435. The van der Waals surface area contributed by atoms with Crippen LogP contribution in [0.1, 0.15) is 6.92 Å². The Labute approximate surface area is 84.8 Å². The van der Waals surface area contributed by atoms with E-state index in [4.69, 9.17) is 0 Å². The molecule has 0 aromatic carbocycles. The zero-order chi connectivity index (χ0) is 11.2. The molecule has 4 nitrogen and oxygen atoms in total. The molecular formula is C9H14N2O2S. The maximum absolute atomic E-state index is 10.9. The fraction of sp³-hybridized carbons (Fsp3) is 0.222. The lowest BCUT2D eigenvalue weighted by Gasteiger charge is -2.00. The van der Waals surface area contributed by atoms with Gasteiger partial charge in [0.25, 0.3) is 10.0 Å². The molecule has 0 saturated heterocycles. The van der Waals surface area contributed by atoms with E-state index in [9.17, 15) is 8.42 Å². The van der Waals surface area contributed by atoms with Gasteiger partial charge in [0, 0.05) is 0 Å². The van der Waals surface area contributed by atoms with Gasteiger partial charge in [-0.25, -0.2) is 8.42 Å². The van der Waals surface area contributed by atoms with E-state index in [0.717, 1.165) is 11.8 Å². The summed E-state index contributed by atoms with van der Waals surface area (Å²) in [5.74, 6) is 0.222. The summed E-state index contributed by atoms with van der Waals surface area (Å²) in [6.07, 6.45) is 5.55. The maximum Gasteiger partial charge on any atom is 0.252 e. The van der Waals surface area contributed by atoms with Crippen LogP contribution in [0, 0.1) is 0 Å². The van der Waals surface area contributed by atoms with Gasteiger partial charge < -0.3 is 5.32 Å². The second kappa shape index (κ2) is 5.39. The van der Waals surface area contributed by atoms with Gasteiger partial charge in [-0.15, -0.1) is 4.40 Å². The van der Waals surface area contributed by atoms with E-state index < -0.39 is 10.0 Å². The third-order valence-electron chi connectivity index (χ3n) is 1.20. The molecule has 0 unspecified atom stereocenters. The smallest absolute Gasteiger partial charge is 0.252 e. The molecule has 0 saturated carbocycles. The Kier molecular flexibility index (Phi) is 4.86. The number of hydrogen-bond acceptors (Lipinski definition) is 2. The fourth-order valence-electron chi connectivity index (χ4n) is 0.652. The van der Waals surface area contributed by atoms with Crippen LogP contribution in [0.3, 0.4) is 0 Å². The van der Waals surface area contributed by atoms with Gasteiger partial charge in [-0.05, 0) is 24.8 Å². The van der Waals surface area contributed by atoms with Gasteiger partial charge in [0.1, 0.15) is 5.84 Å². The lowest BCUT2D eigenvalue weighted by Crippen LogP contribution is -2.16. The summed E-state index contributed by atoms with van der Waals surface area (Å²) in [6, 6.07) is 0. The average Bonchev–Trinajstić information content (AvgIpc) is 2.01. The number of amidine groups is 1. The topological polar surface area (TPSA) is 58.5 Å². The second-order valence-electron chi connectivity index (χ2n) is 2.65. The van der Waals surface area contributed by atoms with Crippen LogP contribution in [0.5, 0.6) is 0 Å². The van der Waals surface area contributed by atoms with Crippen molar-refractivity contribution in [3.8, 4) is 0 Å². The van der Waals surface area contributed by atoms with Crippen LogP contribution >= 0.6 is 0 Å². The molecule has 0 amide bonds. The van der Waals surface area contributed by atoms with Crippen molar-refractivity contribution in [2.45, 2.75) is 6.92 Å². The third kappa shape index (κ3) is 6.19. The minimum absolute atomic E-state index is 0.222. The van der Waals surface area contributed by atoms with Gasteiger partial charge >= 0.3 is 0 Å². The minimum atomic E-state index is -3.40. The predicted octanol–water partition coefficient (Wildman–Crippen LogP) is 1.21. The van der Waals surface area contributed by atoms with Crippen molar-refractivity contribution in [3.63, 3.8) is 0 Å². The first kappa shape index (κ1) is 12.6. The molecule has 0 fully saturated rings. The van der Waals surface area contributed by atoms with Gasteiger partial charge in [-0.3, -0.25) is 0 Å². The Hall–Kier alpha value is -1.36. The first-order valence-electron chi connectivity index (χ1n) is 3.87. The summed E-state index contributed by atoms with van der Waals surface area (Å²) in [5.41, 5.74) is 0.807. The predicted molar refractivity (Wildman–Crippen MR) is 59.6 cm³/mol. The largest absolute Gasteiger partial charge is 0.347 e. The average molecular weight is 214 g/mol. The Morgan fingerprint density at radius 2 is 2.00 bits per heavy atom. The summed E-state index contributed by atoms with van der Waals surface area (Å²) in [7, 11) is -3.40. The lowest BCUT2D eigenvalue weighted by atomic mass is 10.3. The van der Waals surface area contributed by atoms with E-state index in [0.29, 0.717) is 0 Å². The van der Waals surface area contributed by atoms with E-state index in [1.165, 1.54) is 6.20 Å². The summed E-state index contributed by atoms with van der Waals surface area (Å²) >= 11 is 0. The molecule has 0 aromatic rings. The molecule has 0 aliphatic rings. The molecule has 5 heteroatoms. The molecule has 0 aromatic heterocycles. The molecule has 0 aliphatic carbocycles. The number of allylic oxidation sites excluding steroid dienone is 2. The maximum atomic E-state index is 10.9. The molecule has 0 spiro atoms. The van der Waals surface area contributed by atoms with Crippen molar-refractivity contribution in [3.05, 3.63) is 37.1 Å². The summed E-state index contributed by atoms with van der Waals surface area (Å²) in [5, 5.41) is 2.61. The zero-order valence-corrected chi connectivity index (χ0v) is 9.13. The number of nitrogens with zero attached hydrogens (tertiary/aromatic N) is 1. The van der Waals surface area contributed by atoms with Crippen LogP contribution in [0.25, 0.3) is 0 Å². The summed E-state index contributed by atoms with van der Waals surface area (Å²) < 4.78 is 25.2. The van der Waals surface area contributed by atoms with Crippen LogP contribution in [0.15, 0.2) is 41.5 Å². The van der Waals surface area contributed by atoms with E-state index in [-0.39, 0.29) is 5.84 Å². The first-order valence-corrected chi connectivity index (χ1v) is 5.72. The summed E-state index contributed by atoms with van der Waals surface area (Å²) in [6.45, 7) is 8.75.